The van der Waals surface area contributed by atoms with Crippen LogP contribution < -0.4 is 5.73 Å². The number of likely N-dealkylation sites (N-methyl/N-ethyl adjacent to an activating group) is 1. The number of carbonyl (C=O) groups excluding carboxylic acids is 2. The predicted molar refractivity (Wildman–Crippen MR) is 81.8 cm³/mol. The average molecular weight is 299 g/mol. The predicted octanol–water partition coefficient (Wildman–Crippen LogP) is 1.44. The van der Waals surface area contributed by atoms with Crippen LogP contribution in [0, 0.1) is 5.92 Å². The Balaban J connectivity index is 2.50. The maximum Gasteiger partial charge on any atom is 0.410 e. The van der Waals surface area contributed by atoms with Crippen molar-refractivity contribution in [1.29, 1.82) is 0 Å². The summed E-state index contributed by atoms with van der Waals surface area (Å²) in [5.41, 5.74) is 5.18. The number of hydrogen-bond donors (Lipinski definition) is 1. The first-order chi connectivity index (χ1) is 9.64. The lowest BCUT2D eigenvalue weighted by atomic mass is 10.1. The van der Waals surface area contributed by atoms with E-state index in [0.29, 0.717) is 32.1 Å². The van der Waals surface area contributed by atoms with Gasteiger partial charge in [-0.05, 0) is 47.0 Å². The lowest BCUT2D eigenvalue weighted by molar-refractivity contribution is -0.132. The van der Waals surface area contributed by atoms with E-state index >= 15 is 0 Å². The van der Waals surface area contributed by atoms with E-state index in [1.54, 1.807) is 16.7 Å². The molecule has 122 valence electrons. The molecule has 2 N–H and O–H groups in total. The summed E-state index contributed by atoms with van der Waals surface area (Å²) >= 11 is 0. The van der Waals surface area contributed by atoms with Crippen LogP contribution in [0.5, 0.6) is 0 Å². The van der Waals surface area contributed by atoms with Crippen LogP contribution in [0.4, 0.5) is 4.79 Å². The number of nitrogens with two attached hydrogens (primary N) is 1. The van der Waals surface area contributed by atoms with Crippen LogP contribution in [-0.4, -0.2) is 59.6 Å². The fraction of sp³-hybridized carbons (Fsp3) is 0.867. The smallest absolute Gasteiger partial charge is 0.410 e. The summed E-state index contributed by atoms with van der Waals surface area (Å²) in [7, 11) is 0. The monoisotopic (exact) mass is 299 g/mol. The van der Waals surface area contributed by atoms with E-state index in [-0.39, 0.29) is 12.0 Å². The van der Waals surface area contributed by atoms with Crippen LogP contribution in [0.15, 0.2) is 0 Å². The van der Waals surface area contributed by atoms with Gasteiger partial charge in [-0.15, -0.1) is 0 Å². The fourth-order valence-corrected chi connectivity index (χ4v) is 2.45. The van der Waals surface area contributed by atoms with E-state index in [0.717, 1.165) is 6.42 Å². The van der Waals surface area contributed by atoms with E-state index in [1.807, 2.05) is 27.7 Å². The van der Waals surface area contributed by atoms with Gasteiger partial charge in [-0.3, -0.25) is 4.79 Å². The number of ether oxygens (including phenoxy) is 1. The van der Waals surface area contributed by atoms with Crippen LogP contribution in [0.3, 0.4) is 0 Å². The lowest BCUT2D eigenvalue weighted by Gasteiger charge is -2.27. The van der Waals surface area contributed by atoms with Gasteiger partial charge in [0, 0.05) is 26.2 Å². The number of hydrogen-bond acceptors (Lipinski definition) is 4. The molecule has 0 bridgehead atoms. The first-order valence-electron chi connectivity index (χ1n) is 7.66. The second-order valence-corrected chi connectivity index (χ2v) is 6.75. The van der Waals surface area contributed by atoms with Crippen molar-refractivity contribution in [3.8, 4) is 0 Å². The largest absolute Gasteiger partial charge is 0.444 e. The summed E-state index contributed by atoms with van der Waals surface area (Å²) in [6.07, 6.45) is 0.619. The third-order valence-corrected chi connectivity index (χ3v) is 3.50. The van der Waals surface area contributed by atoms with Crippen LogP contribution >= 0.6 is 0 Å². The van der Waals surface area contributed by atoms with Crippen molar-refractivity contribution >= 4 is 12.0 Å². The Morgan fingerprint density at radius 2 is 2.05 bits per heavy atom. The van der Waals surface area contributed by atoms with Crippen LogP contribution in [0.2, 0.25) is 0 Å². The molecule has 2 atom stereocenters. The van der Waals surface area contributed by atoms with Gasteiger partial charge in [-0.25, -0.2) is 4.79 Å². The first kappa shape index (κ1) is 17.8. The quantitative estimate of drug-likeness (QED) is 0.852. The highest BCUT2D eigenvalue weighted by Gasteiger charge is 2.31. The highest BCUT2D eigenvalue weighted by atomic mass is 16.6. The molecule has 1 saturated heterocycles. The second-order valence-electron chi connectivity index (χ2n) is 6.75. The molecule has 0 spiro atoms. The van der Waals surface area contributed by atoms with E-state index in [1.165, 1.54) is 0 Å². The highest BCUT2D eigenvalue weighted by molar-refractivity contribution is 5.81. The molecular weight excluding hydrogens is 270 g/mol. The van der Waals surface area contributed by atoms with Gasteiger partial charge in [0.2, 0.25) is 5.91 Å². The van der Waals surface area contributed by atoms with Gasteiger partial charge in [0.15, 0.2) is 0 Å². The number of nitrogens with zero attached hydrogens (tertiary/aromatic N) is 2. The zero-order valence-corrected chi connectivity index (χ0v) is 13.9. The Hall–Kier alpha value is -1.30. The molecule has 1 heterocycles. The van der Waals surface area contributed by atoms with Gasteiger partial charge in [-0.2, -0.15) is 0 Å². The van der Waals surface area contributed by atoms with Gasteiger partial charge in [0.1, 0.15) is 5.60 Å². The molecule has 0 aromatic heterocycles. The SMILES string of the molecule is CCN(CC1CCN(C(=O)OC(C)(C)C)C1)C(=O)C(C)N. The number of likely N-dealkylation sites (tertiary alicyclic amines) is 1. The zero-order valence-electron chi connectivity index (χ0n) is 13.9. The third-order valence-electron chi connectivity index (χ3n) is 3.50. The zero-order chi connectivity index (χ0) is 16.2. The molecule has 6 heteroatoms. The lowest BCUT2D eigenvalue weighted by Crippen LogP contribution is -2.44. The fourth-order valence-electron chi connectivity index (χ4n) is 2.45. The van der Waals surface area contributed by atoms with Crippen LogP contribution in [0.25, 0.3) is 0 Å². The van der Waals surface area contributed by atoms with Gasteiger partial charge in [0.05, 0.1) is 6.04 Å². The van der Waals surface area contributed by atoms with Crippen LogP contribution in [-0.2, 0) is 9.53 Å². The van der Waals surface area contributed by atoms with E-state index in [2.05, 4.69) is 0 Å². The summed E-state index contributed by atoms with van der Waals surface area (Å²) < 4.78 is 5.37. The van der Waals surface area contributed by atoms with Gasteiger partial charge in [-0.1, -0.05) is 0 Å². The second kappa shape index (κ2) is 7.11. The first-order valence-corrected chi connectivity index (χ1v) is 7.66. The summed E-state index contributed by atoms with van der Waals surface area (Å²) in [4.78, 5) is 27.5. The Labute approximate surface area is 127 Å². The average Bonchev–Trinajstić information content (AvgIpc) is 2.81. The van der Waals surface area contributed by atoms with Crippen molar-refractivity contribution in [2.24, 2.45) is 11.7 Å². The minimum absolute atomic E-state index is 0.0341. The highest BCUT2D eigenvalue weighted by Crippen LogP contribution is 2.20. The molecule has 0 aliphatic carbocycles. The topological polar surface area (TPSA) is 75.9 Å². The van der Waals surface area contributed by atoms with Gasteiger partial charge < -0.3 is 20.3 Å². The molecule has 21 heavy (non-hydrogen) atoms. The molecule has 1 fully saturated rings. The Morgan fingerprint density at radius 1 is 1.43 bits per heavy atom. The molecular formula is C15H29N3O3. The third kappa shape index (κ3) is 5.53. The summed E-state index contributed by atoms with van der Waals surface area (Å²) in [6, 6.07) is -0.478. The molecule has 0 saturated carbocycles. The summed E-state index contributed by atoms with van der Waals surface area (Å²) in [5, 5.41) is 0. The molecule has 2 amide bonds. The molecule has 1 aliphatic rings. The summed E-state index contributed by atoms with van der Waals surface area (Å²) in [6.45, 7) is 11.8. The van der Waals surface area contributed by atoms with Crippen molar-refractivity contribution in [3.05, 3.63) is 0 Å². The minimum Gasteiger partial charge on any atom is -0.444 e. The summed E-state index contributed by atoms with van der Waals surface area (Å²) in [5.74, 6) is 0.258. The van der Waals surface area contributed by atoms with Crippen molar-refractivity contribution in [1.82, 2.24) is 9.80 Å². The molecule has 1 rings (SSSR count). The molecule has 0 aromatic carbocycles. The van der Waals surface area contributed by atoms with Crippen molar-refractivity contribution in [3.63, 3.8) is 0 Å². The van der Waals surface area contributed by atoms with E-state index < -0.39 is 11.6 Å². The maximum atomic E-state index is 12.0. The van der Waals surface area contributed by atoms with Gasteiger partial charge in [0.25, 0.3) is 0 Å². The van der Waals surface area contributed by atoms with Crippen molar-refractivity contribution in [2.45, 2.75) is 52.7 Å². The maximum absolute atomic E-state index is 12.0. The normalized spacial score (nSPS) is 20.3. The number of amides is 2. The molecule has 1 aliphatic heterocycles. The van der Waals surface area contributed by atoms with Crippen LogP contribution in [0.1, 0.15) is 41.0 Å². The Bertz CT molecular complexity index is 377. The van der Waals surface area contributed by atoms with E-state index in [4.69, 9.17) is 10.5 Å². The van der Waals surface area contributed by atoms with E-state index in [9.17, 15) is 9.59 Å². The standard InChI is InChI=1S/C15H29N3O3/c1-6-17(13(19)11(2)16)9-12-7-8-18(10-12)14(20)21-15(3,4)5/h11-12H,6-10,16H2,1-5H3. The number of rotatable bonds is 4. The van der Waals surface area contributed by atoms with Crippen molar-refractivity contribution in [2.75, 3.05) is 26.2 Å². The van der Waals surface area contributed by atoms with Crippen molar-refractivity contribution < 1.29 is 14.3 Å². The Kier molecular flexibility index (Phi) is 6.01. The van der Waals surface area contributed by atoms with Gasteiger partial charge >= 0.3 is 6.09 Å². The molecule has 2 unspecified atom stereocenters. The molecule has 6 nitrogen and oxygen atoms in total. The molecule has 0 radical (unpaired) electrons. The number of carbonyl (C=O) groups is 2. The Morgan fingerprint density at radius 3 is 2.52 bits per heavy atom. The minimum atomic E-state index is -0.478. The molecule has 0 aromatic rings.